The Labute approximate surface area is 150 Å². The Balaban J connectivity index is 1.88. The summed E-state index contributed by atoms with van der Waals surface area (Å²) in [6.45, 7) is 6.36. The average molecular weight is 369 g/mol. The van der Waals surface area contributed by atoms with Crippen molar-refractivity contribution in [2.24, 2.45) is 0 Å². The lowest BCUT2D eigenvalue weighted by Crippen LogP contribution is -2.48. The van der Waals surface area contributed by atoms with Crippen LogP contribution in [0.3, 0.4) is 0 Å². The highest BCUT2D eigenvalue weighted by molar-refractivity contribution is 7.92. The number of anilines is 1. The van der Waals surface area contributed by atoms with Crippen LogP contribution in [0, 0.1) is 0 Å². The molecule has 1 atom stereocenters. The molecular weight excluding hydrogens is 342 g/mol. The smallest absolute Gasteiger partial charge is 0.243 e. The lowest BCUT2D eigenvalue weighted by atomic mass is 10.2. The first-order valence-corrected chi connectivity index (χ1v) is 10.4. The molecule has 8 heteroatoms. The minimum Gasteiger partial charge on any atom is -0.379 e. The van der Waals surface area contributed by atoms with E-state index in [0.717, 1.165) is 49.8 Å². The Kier molecular flexibility index (Phi) is 7.22. The molecule has 1 aliphatic heterocycles. The quantitative estimate of drug-likeness (QED) is 0.682. The first-order chi connectivity index (χ1) is 11.9. The van der Waals surface area contributed by atoms with E-state index in [2.05, 4.69) is 10.2 Å². The second kappa shape index (κ2) is 9.17. The Bertz CT molecular complexity index is 645. The van der Waals surface area contributed by atoms with Crippen molar-refractivity contribution in [3.05, 3.63) is 30.3 Å². The molecule has 0 bridgehead atoms. The Morgan fingerprint density at radius 3 is 2.52 bits per heavy atom. The number of carbonyl (C=O) groups is 1. The molecule has 0 spiro atoms. The summed E-state index contributed by atoms with van der Waals surface area (Å²) < 4.78 is 30.7. The molecule has 7 nitrogen and oxygen atoms in total. The first-order valence-electron chi connectivity index (χ1n) is 8.52. The molecular formula is C17H27N3O4S. The maximum atomic E-state index is 12.4. The van der Waals surface area contributed by atoms with Crippen LogP contribution in [-0.2, 0) is 19.6 Å². The van der Waals surface area contributed by atoms with Crippen LogP contribution in [-0.4, -0.2) is 70.9 Å². The van der Waals surface area contributed by atoms with Crippen molar-refractivity contribution in [2.45, 2.75) is 19.4 Å². The second-order valence-corrected chi connectivity index (χ2v) is 8.03. The number of benzene rings is 1. The fourth-order valence-corrected chi connectivity index (χ4v) is 4.05. The number of nitrogens with one attached hydrogen (secondary N) is 1. The molecule has 0 radical (unpaired) electrons. The number of morpholine rings is 1. The SMILES string of the molecule is C[C@H](C(=O)NCCCN1CCOCC1)N(c1ccccc1)S(C)(=O)=O. The molecule has 25 heavy (non-hydrogen) atoms. The average Bonchev–Trinajstić information content (AvgIpc) is 2.59. The van der Waals surface area contributed by atoms with Gasteiger partial charge < -0.3 is 10.1 Å². The topological polar surface area (TPSA) is 79.0 Å². The van der Waals surface area contributed by atoms with Gasteiger partial charge in [-0.05, 0) is 32.0 Å². The third-order valence-corrected chi connectivity index (χ3v) is 5.39. The van der Waals surface area contributed by atoms with Gasteiger partial charge in [0, 0.05) is 19.6 Å². The van der Waals surface area contributed by atoms with Gasteiger partial charge in [0.2, 0.25) is 15.9 Å². The van der Waals surface area contributed by atoms with Crippen molar-refractivity contribution in [2.75, 3.05) is 50.0 Å². The Morgan fingerprint density at radius 1 is 1.28 bits per heavy atom. The van der Waals surface area contributed by atoms with Crippen LogP contribution in [0.15, 0.2) is 30.3 Å². The summed E-state index contributed by atoms with van der Waals surface area (Å²) in [5, 5.41) is 2.84. The number of hydrogen-bond donors (Lipinski definition) is 1. The molecule has 1 aromatic carbocycles. The van der Waals surface area contributed by atoms with E-state index in [0.29, 0.717) is 12.2 Å². The van der Waals surface area contributed by atoms with Crippen LogP contribution in [0.25, 0.3) is 0 Å². The van der Waals surface area contributed by atoms with E-state index in [9.17, 15) is 13.2 Å². The minimum atomic E-state index is -3.56. The number of amides is 1. The van der Waals surface area contributed by atoms with Crippen LogP contribution in [0.5, 0.6) is 0 Å². The van der Waals surface area contributed by atoms with E-state index >= 15 is 0 Å². The van der Waals surface area contributed by atoms with Crippen LogP contribution < -0.4 is 9.62 Å². The van der Waals surface area contributed by atoms with Crippen molar-refractivity contribution in [3.8, 4) is 0 Å². The molecule has 1 amide bonds. The van der Waals surface area contributed by atoms with Gasteiger partial charge in [-0.15, -0.1) is 0 Å². The van der Waals surface area contributed by atoms with E-state index in [1.807, 2.05) is 0 Å². The molecule has 0 aromatic heterocycles. The van der Waals surface area contributed by atoms with Gasteiger partial charge in [-0.2, -0.15) is 0 Å². The van der Waals surface area contributed by atoms with Crippen molar-refractivity contribution >= 4 is 21.6 Å². The molecule has 1 aromatic rings. The molecule has 1 N–H and O–H groups in total. The fourth-order valence-electron chi connectivity index (χ4n) is 2.87. The van der Waals surface area contributed by atoms with Gasteiger partial charge in [-0.1, -0.05) is 18.2 Å². The zero-order valence-corrected chi connectivity index (χ0v) is 15.7. The fraction of sp³-hybridized carbons (Fsp3) is 0.588. The van der Waals surface area contributed by atoms with Crippen LogP contribution >= 0.6 is 0 Å². The zero-order valence-electron chi connectivity index (χ0n) is 14.8. The van der Waals surface area contributed by atoms with Crippen molar-refractivity contribution < 1.29 is 17.9 Å². The van der Waals surface area contributed by atoms with E-state index in [4.69, 9.17) is 4.74 Å². The van der Waals surface area contributed by atoms with Crippen LogP contribution in [0.2, 0.25) is 0 Å². The van der Waals surface area contributed by atoms with Gasteiger partial charge in [0.1, 0.15) is 6.04 Å². The molecule has 1 saturated heterocycles. The van der Waals surface area contributed by atoms with E-state index in [1.165, 1.54) is 0 Å². The summed E-state index contributed by atoms with van der Waals surface area (Å²) in [6, 6.07) is 7.87. The maximum absolute atomic E-state index is 12.4. The van der Waals surface area contributed by atoms with Crippen molar-refractivity contribution in [1.29, 1.82) is 0 Å². The zero-order chi connectivity index (χ0) is 18.3. The van der Waals surface area contributed by atoms with E-state index in [-0.39, 0.29) is 5.91 Å². The van der Waals surface area contributed by atoms with Gasteiger partial charge >= 0.3 is 0 Å². The number of carbonyl (C=O) groups excluding carboxylic acids is 1. The van der Waals surface area contributed by atoms with Gasteiger partial charge in [0.25, 0.3) is 0 Å². The first kappa shape index (κ1) is 19.7. The number of hydrogen-bond acceptors (Lipinski definition) is 5. The van der Waals surface area contributed by atoms with Gasteiger partial charge in [0.15, 0.2) is 0 Å². The lowest BCUT2D eigenvalue weighted by Gasteiger charge is -2.28. The molecule has 0 unspecified atom stereocenters. The van der Waals surface area contributed by atoms with Gasteiger partial charge in [-0.25, -0.2) is 8.42 Å². The number of para-hydroxylation sites is 1. The van der Waals surface area contributed by atoms with Crippen LogP contribution in [0.4, 0.5) is 5.69 Å². The summed E-state index contributed by atoms with van der Waals surface area (Å²) in [5.41, 5.74) is 0.487. The van der Waals surface area contributed by atoms with Gasteiger partial charge in [0.05, 0.1) is 25.2 Å². The summed E-state index contributed by atoms with van der Waals surface area (Å²) in [4.78, 5) is 14.7. The highest BCUT2D eigenvalue weighted by Gasteiger charge is 2.28. The molecule has 1 heterocycles. The van der Waals surface area contributed by atoms with Crippen LogP contribution in [0.1, 0.15) is 13.3 Å². The lowest BCUT2D eigenvalue weighted by molar-refractivity contribution is -0.121. The Morgan fingerprint density at radius 2 is 1.92 bits per heavy atom. The largest absolute Gasteiger partial charge is 0.379 e. The molecule has 1 fully saturated rings. The summed E-state index contributed by atoms with van der Waals surface area (Å²) in [7, 11) is -3.56. The summed E-state index contributed by atoms with van der Waals surface area (Å²) >= 11 is 0. The van der Waals surface area contributed by atoms with Crippen molar-refractivity contribution in [1.82, 2.24) is 10.2 Å². The highest BCUT2D eigenvalue weighted by atomic mass is 32.2. The number of sulfonamides is 1. The van der Waals surface area contributed by atoms with Gasteiger partial charge in [-0.3, -0.25) is 14.0 Å². The van der Waals surface area contributed by atoms with E-state index < -0.39 is 16.1 Å². The second-order valence-electron chi connectivity index (χ2n) is 6.17. The number of nitrogens with zero attached hydrogens (tertiary/aromatic N) is 2. The predicted molar refractivity (Wildman–Crippen MR) is 98.1 cm³/mol. The minimum absolute atomic E-state index is 0.295. The standard InChI is InChI=1S/C17H27N3O4S/c1-15(20(25(2,22)23)16-7-4-3-5-8-16)17(21)18-9-6-10-19-11-13-24-14-12-19/h3-5,7-8,15H,6,9-14H2,1-2H3,(H,18,21)/t15-/m1/s1. The third kappa shape index (κ3) is 5.98. The molecule has 140 valence electrons. The number of ether oxygens (including phenoxy) is 1. The molecule has 1 aliphatic rings. The monoisotopic (exact) mass is 369 g/mol. The predicted octanol–water partition coefficient (Wildman–Crippen LogP) is 0.680. The summed E-state index contributed by atoms with van der Waals surface area (Å²) in [6.07, 6.45) is 1.94. The molecule has 0 aliphatic carbocycles. The summed E-state index contributed by atoms with van der Waals surface area (Å²) in [5.74, 6) is -0.295. The molecule has 2 rings (SSSR count). The third-order valence-electron chi connectivity index (χ3n) is 4.15. The maximum Gasteiger partial charge on any atom is 0.243 e. The Hall–Kier alpha value is -1.64. The van der Waals surface area contributed by atoms with Crippen molar-refractivity contribution in [3.63, 3.8) is 0 Å². The number of rotatable bonds is 8. The normalized spacial score (nSPS) is 17.0. The van der Waals surface area contributed by atoms with E-state index in [1.54, 1.807) is 37.3 Å². The highest BCUT2D eigenvalue weighted by Crippen LogP contribution is 2.20. The molecule has 0 saturated carbocycles.